The molecule has 112 valence electrons. The number of benzene rings is 1. The van der Waals surface area contributed by atoms with Crippen molar-refractivity contribution in [3.8, 4) is 5.75 Å². The molecule has 0 saturated heterocycles. The summed E-state index contributed by atoms with van der Waals surface area (Å²) in [4.78, 5) is 13.3. The Morgan fingerprint density at radius 1 is 1.15 bits per heavy atom. The number of hydrogen-bond acceptors (Lipinski definition) is 2. The van der Waals surface area contributed by atoms with E-state index in [0.29, 0.717) is 6.42 Å². The maximum Gasteiger partial charge on any atom is 0.250 e. The van der Waals surface area contributed by atoms with Crippen molar-refractivity contribution in [2.45, 2.75) is 45.3 Å². The monoisotopic (exact) mass is 293 g/mol. The van der Waals surface area contributed by atoms with Crippen molar-refractivity contribution in [1.82, 2.24) is 4.90 Å². The Hall–Kier alpha value is -1.29. The smallest absolute Gasteiger partial charge is 0.250 e. The van der Waals surface area contributed by atoms with Crippen LogP contribution >= 0.6 is 0 Å². The van der Waals surface area contributed by atoms with Crippen molar-refractivity contribution in [1.29, 1.82) is 0 Å². The number of amides is 1. The van der Waals surface area contributed by atoms with Crippen molar-refractivity contribution in [3.05, 3.63) is 29.8 Å². The van der Waals surface area contributed by atoms with Gasteiger partial charge in [0.15, 0.2) is 0 Å². The van der Waals surface area contributed by atoms with Crippen LogP contribution in [-0.4, -0.2) is 33.2 Å². The van der Waals surface area contributed by atoms with E-state index in [2.05, 4.69) is 33.9 Å². The first kappa shape index (κ1) is 16.8. The van der Waals surface area contributed by atoms with E-state index < -0.39 is 8.32 Å². The lowest BCUT2D eigenvalue weighted by Crippen LogP contribution is -2.43. The summed E-state index contributed by atoms with van der Waals surface area (Å²) in [5, 5.41) is 0.187. The lowest BCUT2D eigenvalue weighted by Gasteiger charge is -2.36. The molecule has 0 aliphatic rings. The Balaban J connectivity index is 2.75. The highest BCUT2D eigenvalue weighted by atomic mass is 28.4. The van der Waals surface area contributed by atoms with E-state index in [1.54, 1.807) is 19.0 Å². The molecule has 1 amide bonds. The molecule has 0 radical (unpaired) electrons. The van der Waals surface area contributed by atoms with Gasteiger partial charge in [-0.25, -0.2) is 0 Å². The van der Waals surface area contributed by atoms with Gasteiger partial charge >= 0.3 is 0 Å². The lowest BCUT2D eigenvalue weighted by molar-refractivity contribution is -0.127. The molecule has 0 N–H and O–H groups in total. The summed E-state index contributed by atoms with van der Waals surface area (Å²) in [6.45, 7) is 11.1. The normalized spacial score (nSPS) is 12.2. The van der Waals surface area contributed by atoms with Crippen LogP contribution in [0.2, 0.25) is 18.1 Å². The van der Waals surface area contributed by atoms with Gasteiger partial charge in [0.25, 0.3) is 0 Å². The van der Waals surface area contributed by atoms with Crippen LogP contribution < -0.4 is 4.43 Å². The van der Waals surface area contributed by atoms with Gasteiger partial charge in [-0.2, -0.15) is 0 Å². The van der Waals surface area contributed by atoms with Crippen LogP contribution in [0.25, 0.3) is 0 Å². The molecule has 0 unspecified atom stereocenters. The predicted molar refractivity (Wildman–Crippen MR) is 86.7 cm³/mol. The molecule has 0 fully saturated rings. The summed E-state index contributed by atoms with van der Waals surface area (Å²) in [5.41, 5.74) is 1.02. The van der Waals surface area contributed by atoms with Gasteiger partial charge in [-0.05, 0) is 35.8 Å². The number of nitrogens with zero attached hydrogens (tertiary/aromatic N) is 1. The van der Waals surface area contributed by atoms with Gasteiger partial charge in [0.1, 0.15) is 5.75 Å². The van der Waals surface area contributed by atoms with E-state index >= 15 is 0 Å². The number of carbonyl (C=O) groups excluding carboxylic acids is 1. The van der Waals surface area contributed by atoms with Gasteiger partial charge in [0.2, 0.25) is 14.2 Å². The van der Waals surface area contributed by atoms with E-state index in [0.717, 1.165) is 11.3 Å². The molecule has 0 spiro atoms. The van der Waals surface area contributed by atoms with Crippen LogP contribution in [0.1, 0.15) is 26.3 Å². The molecule has 20 heavy (non-hydrogen) atoms. The first-order chi connectivity index (χ1) is 9.03. The highest BCUT2D eigenvalue weighted by molar-refractivity contribution is 6.74. The minimum absolute atomic E-state index is 0.114. The first-order valence-corrected chi connectivity index (χ1v) is 9.92. The molecule has 1 aromatic carbocycles. The second kappa shape index (κ2) is 6.00. The van der Waals surface area contributed by atoms with Crippen LogP contribution in [-0.2, 0) is 11.2 Å². The molecule has 0 aliphatic carbocycles. The van der Waals surface area contributed by atoms with Gasteiger partial charge in [0.05, 0.1) is 6.42 Å². The van der Waals surface area contributed by atoms with E-state index in [-0.39, 0.29) is 10.9 Å². The highest BCUT2D eigenvalue weighted by Crippen LogP contribution is 2.37. The summed E-state index contributed by atoms with van der Waals surface area (Å²) in [7, 11) is 1.76. The molecule has 0 aromatic heterocycles. The summed E-state index contributed by atoms with van der Waals surface area (Å²) in [6, 6.07) is 7.89. The minimum atomic E-state index is -1.79. The van der Waals surface area contributed by atoms with Crippen LogP contribution in [0.4, 0.5) is 0 Å². The Kier molecular flexibility index (Phi) is 5.03. The first-order valence-electron chi connectivity index (χ1n) is 7.01. The van der Waals surface area contributed by atoms with Crippen molar-refractivity contribution < 1.29 is 9.22 Å². The number of hydrogen-bond donors (Lipinski definition) is 0. The van der Waals surface area contributed by atoms with Crippen LogP contribution in [0, 0.1) is 0 Å². The third-order valence-electron chi connectivity index (χ3n) is 3.96. The van der Waals surface area contributed by atoms with Gasteiger partial charge in [-0.15, -0.1) is 0 Å². The third kappa shape index (κ3) is 4.37. The minimum Gasteiger partial charge on any atom is -0.544 e. The lowest BCUT2D eigenvalue weighted by atomic mass is 10.1. The Labute approximate surface area is 124 Å². The molecule has 3 nitrogen and oxygen atoms in total. The zero-order valence-corrected chi connectivity index (χ0v) is 14.8. The zero-order valence-electron chi connectivity index (χ0n) is 13.8. The Morgan fingerprint density at radius 2 is 1.65 bits per heavy atom. The highest BCUT2D eigenvalue weighted by Gasteiger charge is 2.38. The average molecular weight is 293 g/mol. The average Bonchev–Trinajstić information content (AvgIpc) is 2.29. The van der Waals surface area contributed by atoms with Crippen LogP contribution in [0.5, 0.6) is 5.75 Å². The predicted octanol–water partition coefficient (Wildman–Crippen LogP) is 3.70. The summed E-state index contributed by atoms with van der Waals surface area (Å²) < 4.78 is 6.22. The molecule has 1 aromatic rings. The second-order valence-corrected chi connectivity index (χ2v) is 11.7. The summed E-state index contributed by atoms with van der Waals surface area (Å²) in [5.74, 6) is 1.01. The fraction of sp³-hybridized carbons (Fsp3) is 0.562. The Morgan fingerprint density at radius 3 is 2.05 bits per heavy atom. The molecule has 0 atom stereocenters. The second-order valence-electron chi connectivity index (χ2n) is 6.97. The maximum atomic E-state index is 11.7. The van der Waals surface area contributed by atoms with E-state index in [1.165, 1.54) is 0 Å². The van der Waals surface area contributed by atoms with E-state index in [4.69, 9.17) is 4.43 Å². The molecule has 1 rings (SSSR count). The van der Waals surface area contributed by atoms with E-state index in [1.807, 2.05) is 24.3 Å². The molecule has 0 heterocycles. The fourth-order valence-corrected chi connectivity index (χ4v) is 2.49. The van der Waals surface area contributed by atoms with Crippen molar-refractivity contribution in [2.75, 3.05) is 14.1 Å². The number of carbonyl (C=O) groups is 1. The quantitative estimate of drug-likeness (QED) is 0.792. The van der Waals surface area contributed by atoms with E-state index in [9.17, 15) is 4.79 Å². The number of rotatable bonds is 4. The molecule has 0 bridgehead atoms. The molecule has 4 heteroatoms. The van der Waals surface area contributed by atoms with Crippen LogP contribution in [0.15, 0.2) is 24.3 Å². The number of likely N-dealkylation sites (N-methyl/N-ethyl adjacent to an activating group) is 1. The maximum absolute atomic E-state index is 11.7. The largest absolute Gasteiger partial charge is 0.544 e. The van der Waals surface area contributed by atoms with Gasteiger partial charge in [0, 0.05) is 14.1 Å². The Bertz CT molecular complexity index is 458. The van der Waals surface area contributed by atoms with Gasteiger partial charge in [-0.3, -0.25) is 4.79 Å². The summed E-state index contributed by atoms with van der Waals surface area (Å²) >= 11 is 0. The topological polar surface area (TPSA) is 29.5 Å². The molecular weight excluding hydrogens is 266 g/mol. The summed E-state index contributed by atoms with van der Waals surface area (Å²) in [6.07, 6.45) is 0.438. The third-order valence-corrected chi connectivity index (χ3v) is 8.32. The van der Waals surface area contributed by atoms with Crippen molar-refractivity contribution >= 4 is 14.2 Å². The zero-order chi connectivity index (χ0) is 15.6. The standard InChI is InChI=1S/C16H27NO2Si/c1-16(2,3)20(6,7)19-14-10-8-13(9-11-14)12-15(18)17(4)5/h8-11H,12H2,1-7H3. The SMILES string of the molecule is CN(C)C(=O)Cc1ccc(O[Si](C)(C)C(C)(C)C)cc1. The fourth-order valence-electron chi connectivity index (χ4n) is 1.46. The van der Waals surface area contributed by atoms with Gasteiger partial charge in [-0.1, -0.05) is 32.9 Å². The molecular formula is C16H27NO2Si. The van der Waals surface area contributed by atoms with Crippen molar-refractivity contribution in [2.24, 2.45) is 0 Å². The molecule has 0 aliphatic heterocycles. The van der Waals surface area contributed by atoms with Gasteiger partial charge < -0.3 is 9.33 Å². The molecule has 0 saturated carbocycles. The van der Waals surface area contributed by atoms with Crippen LogP contribution in [0.3, 0.4) is 0 Å². The van der Waals surface area contributed by atoms with Crippen molar-refractivity contribution in [3.63, 3.8) is 0 Å².